The number of likely N-dealkylation sites (N-methyl/N-ethyl adjacent to an activating group) is 1. The van der Waals surface area contributed by atoms with Crippen molar-refractivity contribution in [2.45, 2.75) is 11.8 Å². The maximum Gasteiger partial charge on any atom is 0.250 e. The van der Waals surface area contributed by atoms with E-state index < -0.39 is 10.0 Å². The Kier molecular flexibility index (Phi) is 7.55. The minimum absolute atomic E-state index is 0.133. The number of nitrogens with zero attached hydrogens (tertiary/aromatic N) is 2. The Balaban J connectivity index is 1.54. The van der Waals surface area contributed by atoms with Gasteiger partial charge in [0, 0.05) is 37.9 Å². The summed E-state index contributed by atoms with van der Waals surface area (Å²) in [6.45, 7) is 4.38. The Hall–Kier alpha value is -2.59. The first kappa shape index (κ1) is 23.1. The standard InChI is InChI=1S/C22H26N4O3S2/c1-17-3-5-18(6-4-17)7-12-21(27)24-22(30)23-19-8-10-20(11-9-19)31(28,29)26-15-13-25(2)14-16-26/h3-12H,13-16H2,1-2H3,(H2,23,24,27,30)/b12-7+. The van der Waals surface area contributed by atoms with E-state index in [1.54, 1.807) is 18.2 Å². The van der Waals surface area contributed by atoms with Crippen molar-refractivity contribution in [3.05, 3.63) is 65.7 Å². The first-order chi connectivity index (χ1) is 14.7. The van der Waals surface area contributed by atoms with Gasteiger partial charge in [-0.15, -0.1) is 0 Å². The van der Waals surface area contributed by atoms with Gasteiger partial charge in [0.15, 0.2) is 5.11 Å². The number of aryl methyl sites for hydroxylation is 1. The molecule has 1 heterocycles. The van der Waals surface area contributed by atoms with Crippen molar-refractivity contribution in [3.63, 3.8) is 0 Å². The number of hydrogen-bond donors (Lipinski definition) is 2. The van der Waals surface area contributed by atoms with Gasteiger partial charge in [-0.25, -0.2) is 8.42 Å². The number of amides is 1. The number of nitrogens with one attached hydrogen (secondary N) is 2. The number of thiocarbonyl (C=S) groups is 1. The molecule has 1 saturated heterocycles. The molecular formula is C22H26N4O3S2. The summed E-state index contributed by atoms with van der Waals surface area (Å²) in [6.07, 6.45) is 3.11. The van der Waals surface area contributed by atoms with E-state index >= 15 is 0 Å². The lowest BCUT2D eigenvalue weighted by Crippen LogP contribution is -2.46. The average molecular weight is 459 g/mol. The number of benzene rings is 2. The molecule has 0 atom stereocenters. The highest BCUT2D eigenvalue weighted by Gasteiger charge is 2.27. The second-order valence-electron chi connectivity index (χ2n) is 7.42. The fraction of sp³-hybridized carbons (Fsp3) is 0.273. The van der Waals surface area contributed by atoms with Crippen molar-refractivity contribution in [2.75, 3.05) is 38.5 Å². The largest absolute Gasteiger partial charge is 0.332 e. The molecule has 0 radical (unpaired) electrons. The Labute approximate surface area is 188 Å². The number of rotatable bonds is 5. The molecule has 2 N–H and O–H groups in total. The summed E-state index contributed by atoms with van der Waals surface area (Å²) < 4.78 is 27.1. The molecule has 0 bridgehead atoms. The molecule has 164 valence electrons. The topological polar surface area (TPSA) is 81.8 Å². The second-order valence-corrected chi connectivity index (χ2v) is 9.77. The van der Waals surface area contributed by atoms with Crippen molar-refractivity contribution < 1.29 is 13.2 Å². The molecule has 1 aliphatic heterocycles. The van der Waals surface area contributed by atoms with E-state index in [9.17, 15) is 13.2 Å². The normalized spacial score (nSPS) is 15.7. The Morgan fingerprint density at radius 1 is 1.00 bits per heavy atom. The third-order valence-corrected chi connectivity index (χ3v) is 7.07. The summed E-state index contributed by atoms with van der Waals surface area (Å²) in [5.74, 6) is -0.354. The van der Waals surface area contributed by atoms with Crippen molar-refractivity contribution in [1.29, 1.82) is 0 Å². The lowest BCUT2D eigenvalue weighted by atomic mass is 10.1. The average Bonchev–Trinajstić information content (AvgIpc) is 2.74. The lowest BCUT2D eigenvalue weighted by molar-refractivity contribution is -0.115. The van der Waals surface area contributed by atoms with Gasteiger partial charge in [-0.1, -0.05) is 29.8 Å². The maximum absolute atomic E-state index is 12.8. The molecule has 0 aliphatic carbocycles. The van der Waals surface area contributed by atoms with Gasteiger partial charge in [0.25, 0.3) is 0 Å². The Morgan fingerprint density at radius 3 is 2.23 bits per heavy atom. The highest BCUT2D eigenvalue weighted by Crippen LogP contribution is 2.19. The van der Waals surface area contributed by atoms with Gasteiger partial charge in [-0.3, -0.25) is 10.1 Å². The number of piperazine rings is 1. The van der Waals surface area contributed by atoms with E-state index in [1.165, 1.54) is 22.5 Å². The number of anilines is 1. The zero-order valence-electron chi connectivity index (χ0n) is 17.5. The minimum Gasteiger partial charge on any atom is -0.332 e. The molecule has 1 fully saturated rings. The van der Waals surface area contributed by atoms with Crippen molar-refractivity contribution in [3.8, 4) is 0 Å². The molecule has 2 aromatic carbocycles. The van der Waals surface area contributed by atoms with Crippen LogP contribution < -0.4 is 10.6 Å². The monoisotopic (exact) mass is 458 g/mol. The van der Waals surface area contributed by atoms with Crippen LogP contribution in [-0.2, 0) is 14.8 Å². The van der Waals surface area contributed by atoms with E-state index in [-0.39, 0.29) is 15.9 Å². The molecule has 2 aromatic rings. The molecule has 31 heavy (non-hydrogen) atoms. The molecule has 0 unspecified atom stereocenters. The summed E-state index contributed by atoms with van der Waals surface area (Å²) in [4.78, 5) is 14.4. The molecular weight excluding hydrogens is 432 g/mol. The van der Waals surface area contributed by atoms with Crippen LogP contribution in [-0.4, -0.2) is 61.9 Å². The number of sulfonamides is 1. The molecule has 3 rings (SSSR count). The summed E-state index contributed by atoms with van der Waals surface area (Å²) >= 11 is 5.17. The minimum atomic E-state index is -3.52. The molecule has 0 spiro atoms. The van der Waals surface area contributed by atoms with E-state index in [0.717, 1.165) is 11.1 Å². The number of hydrogen-bond acceptors (Lipinski definition) is 5. The van der Waals surface area contributed by atoms with Crippen LogP contribution in [0.4, 0.5) is 5.69 Å². The van der Waals surface area contributed by atoms with Gasteiger partial charge in [0.05, 0.1) is 4.90 Å². The maximum atomic E-state index is 12.8. The summed E-state index contributed by atoms with van der Waals surface area (Å²) in [7, 11) is -1.54. The van der Waals surface area contributed by atoms with Gasteiger partial charge >= 0.3 is 0 Å². The van der Waals surface area contributed by atoms with Gasteiger partial charge in [0.2, 0.25) is 15.9 Å². The zero-order chi connectivity index (χ0) is 22.4. The smallest absolute Gasteiger partial charge is 0.250 e. The van der Waals surface area contributed by atoms with Crippen molar-refractivity contribution >= 4 is 45.0 Å². The number of carbonyl (C=O) groups excluding carboxylic acids is 1. The lowest BCUT2D eigenvalue weighted by Gasteiger charge is -2.31. The molecule has 9 heteroatoms. The van der Waals surface area contributed by atoms with E-state index in [1.807, 2.05) is 38.2 Å². The first-order valence-electron chi connectivity index (χ1n) is 9.89. The zero-order valence-corrected chi connectivity index (χ0v) is 19.2. The SMILES string of the molecule is Cc1ccc(/C=C/C(=O)NC(=S)Nc2ccc(S(=O)(=O)N3CCN(C)CC3)cc2)cc1. The molecule has 0 aromatic heterocycles. The van der Waals surface area contributed by atoms with Crippen LogP contribution in [0.25, 0.3) is 6.08 Å². The molecule has 1 amide bonds. The fourth-order valence-electron chi connectivity index (χ4n) is 3.05. The van der Waals surface area contributed by atoms with Gasteiger partial charge < -0.3 is 10.2 Å². The van der Waals surface area contributed by atoms with Gasteiger partial charge in [-0.05, 0) is 62.1 Å². The second kappa shape index (κ2) is 10.1. The third-order valence-electron chi connectivity index (χ3n) is 4.95. The van der Waals surface area contributed by atoms with Crippen molar-refractivity contribution in [1.82, 2.24) is 14.5 Å². The van der Waals surface area contributed by atoms with E-state index in [4.69, 9.17) is 12.2 Å². The van der Waals surface area contributed by atoms with Crippen LogP contribution >= 0.6 is 12.2 Å². The highest BCUT2D eigenvalue weighted by molar-refractivity contribution is 7.89. The van der Waals surface area contributed by atoms with Gasteiger partial charge in [0.1, 0.15) is 0 Å². The van der Waals surface area contributed by atoms with Crippen LogP contribution in [0.1, 0.15) is 11.1 Å². The predicted molar refractivity (Wildman–Crippen MR) is 127 cm³/mol. The van der Waals surface area contributed by atoms with Crippen LogP contribution in [0, 0.1) is 6.92 Å². The van der Waals surface area contributed by atoms with E-state index in [2.05, 4.69) is 15.5 Å². The summed E-state index contributed by atoms with van der Waals surface area (Å²) in [5.41, 5.74) is 2.65. The van der Waals surface area contributed by atoms with Crippen LogP contribution in [0.5, 0.6) is 0 Å². The Bertz CT molecular complexity index is 1060. The van der Waals surface area contributed by atoms with Crippen LogP contribution in [0.15, 0.2) is 59.5 Å². The third kappa shape index (κ3) is 6.44. The summed E-state index contributed by atoms with van der Waals surface area (Å²) in [5, 5.41) is 5.60. The van der Waals surface area contributed by atoms with Gasteiger partial charge in [-0.2, -0.15) is 4.31 Å². The Morgan fingerprint density at radius 2 is 1.61 bits per heavy atom. The molecule has 0 saturated carbocycles. The molecule has 7 nitrogen and oxygen atoms in total. The predicted octanol–water partition coefficient (Wildman–Crippen LogP) is 2.46. The first-order valence-corrected chi connectivity index (χ1v) is 11.7. The fourth-order valence-corrected chi connectivity index (χ4v) is 4.69. The quantitative estimate of drug-likeness (QED) is 0.529. The van der Waals surface area contributed by atoms with Crippen LogP contribution in [0.3, 0.4) is 0 Å². The van der Waals surface area contributed by atoms with Crippen LogP contribution in [0.2, 0.25) is 0 Å². The van der Waals surface area contributed by atoms with Crippen molar-refractivity contribution in [2.24, 2.45) is 0 Å². The van der Waals surface area contributed by atoms with E-state index in [0.29, 0.717) is 31.9 Å². The molecule has 1 aliphatic rings. The summed E-state index contributed by atoms with van der Waals surface area (Å²) in [6, 6.07) is 14.1. The number of carbonyl (C=O) groups is 1. The highest BCUT2D eigenvalue weighted by atomic mass is 32.2.